The van der Waals surface area contributed by atoms with E-state index in [2.05, 4.69) is 39.0 Å². The van der Waals surface area contributed by atoms with E-state index in [1.807, 2.05) is 36.4 Å². The average molecular weight is 294 g/mol. The third-order valence-electron chi connectivity index (χ3n) is 4.43. The van der Waals surface area contributed by atoms with Gasteiger partial charge < -0.3 is 4.74 Å². The number of esters is 1. The maximum absolute atomic E-state index is 12.3. The second-order valence-corrected chi connectivity index (χ2v) is 7.08. The second-order valence-electron chi connectivity index (χ2n) is 7.08. The molecule has 0 fully saturated rings. The van der Waals surface area contributed by atoms with Crippen LogP contribution < -0.4 is 4.74 Å². The van der Waals surface area contributed by atoms with Crippen LogP contribution in [0.3, 0.4) is 0 Å². The molecule has 2 aromatic rings. The number of ether oxygens (including phenoxy) is 1. The molecule has 0 bridgehead atoms. The topological polar surface area (TPSA) is 26.3 Å². The molecule has 0 saturated heterocycles. The zero-order valence-corrected chi connectivity index (χ0v) is 13.4. The van der Waals surface area contributed by atoms with Crippen LogP contribution in [0.2, 0.25) is 0 Å². The number of hydrogen-bond donors (Lipinski definition) is 0. The highest BCUT2D eigenvalue weighted by Crippen LogP contribution is 2.51. The van der Waals surface area contributed by atoms with Gasteiger partial charge in [-0.1, -0.05) is 69.3 Å². The summed E-state index contributed by atoms with van der Waals surface area (Å²) in [6.45, 7) is 6.71. The molecule has 1 heterocycles. The lowest BCUT2D eigenvalue weighted by molar-refractivity contribution is -0.134. The van der Waals surface area contributed by atoms with E-state index in [1.54, 1.807) is 0 Å². The number of fused-ring (bicyclic) bond motifs is 1. The van der Waals surface area contributed by atoms with Gasteiger partial charge in [-0.05, 0) is 28.5 Å². The smallest absolute Gasteiger partial charge is 0.311 e. The van der Waals surface area contributed by atoms with Crippen molar-refractivity contribution in [2.24, 2.45) is 5.41 Å². The van der Waals surface area contributed by atoms with E-state index in [4.69, 9.17) is 4.74 Å². The fourth-order valence-electron chi connectivity index (χ4n) is 3.59. The maximum Gasteiger partial charge on any atom is 0.311 e. The first-order valence-corrected chi connectivity index (χ1v) is 7.81. The molecule has 3 rings (SSSR count). The van der Waals surface area contributed by atoms with Gasteiger partial charge in [-0.25, -0.2) is 0 Å². The lowest BCUT2D eigenvalue weighted by atomic mass is 9.66. The Hall–Kier alpha value is -2.09. The Morgan fingerprint density at radius 1 is 0.955 bits per heavy atom. The summed E-state index contributed by atoms with van der Waals surface area (Å²) < 4.78 is 5.60. The molecule has 1 aliphatic heterocycles. The van der Waals surface area contributed by atoms with Crippen LogP contribution in [0.1, 0.15) is 50.2 Å². The van der Waals surface area contributed by atoms with E-state index in [9.17, 15) is 4.79 Å². The summed E-state index contributed by atoms with van der Waals surface area (Å²) in [7, 11) is 0. The molecule has 0 radical (unpaired) electrons. The molecular weight excluding hydrogens is 272 g/mol. The van der Waals surface area contributed by atoms with Gasteiger partial charge in [0, 0.05) is 5.92 Å². The van der Waals surface area contributed by atoms with Crippen molar-refractivity contribution in [3.63, 3.8) is 0 Å². The predicted molar refractivity (Wildman–Crippen MR) is 88.1 cm³/mol. The lowest BCUT2D eigenvalue weighted by Crippen LogP contribution is -2.25. The van der Waals surface area contributed by atoms with Crippen molar-refractivity contribution in [2.75, 3.05) is 0 Å². The van der Waals surface area contributed by atoms with Gasteiger partial charge in [0.15, 0.2) is 0 Å². The quantitative estimate of drug-likeness (QED) is 0.552. The fraction of sp³-hybridized carbons (Fsp3) is 0.350. The van der Waals surface area contributed by atoms with Gasteiger partial charge >= 0.3 is 5.97 Å². The molecule has 2 atom stereocenters. The molecule has 0 N–H and O–H groups in total. The molecule has 0 aliphatic carbocycles. The third-order valence-corrected chi connectivity index (χ3v) is 4.43. The van der Waals surface area contributed by atoms with Crippen LogP contribution in [0.4, 0.5) is 0 Å². The first kappa shape index (κ1) is 14.8. The Kier molecular flexibility index (Phi) is 3.78. The van der Waals surface area contributed by atoms with Gasteiger partial charge in [0.05, 0.1) is 6.42 Å². The van der Waals surface area contributed by atoms with Crippen molar-refractivity contribution in [2.45, 2.75) is 39.0 Å². The first-order valence-electron chi connectivity index (χ1n) is 7.81. The number of benzene rings is 2. The predicted octanol–water partition coefficient (Wildman–Crippen LogP) is 4.91. The van der Waals surface area contributed by atoms with E-state index >= 15 is 0 Å². The van der Waals surface area contributed by atoms with Crippen molar-refractivity contribution in [3.8, 4) is 5.75 Å². The van der Waals surface area contributed by atoms with Gasteiger partial charge in [0.2, 0.25) is 0 Å². The minimum absolute atomic E-state index is 0.0323. The first-order chi connectivity index (χ1) is 10.5. The Bertz CT molecular complexity index is 668. The van der Waals surface area contributed by atoms with Crippen LogP contribution in [-0.2, 0) is 4.79 Å². The molecule has 114 valence electrons. The van der Waals surface area contributed by atoms with Gasteiger partial charge in [0.1, 0.15) is 5.75 Å². The summed E-state index contributed by atoms with van der Waals surface area (Å²) in [5.41, 5.74) is 2.37. The molecule has 0 saturated carbocycles. The summed E-state index contributed by atoms with van der Waals surface area (Å²) in [6, 6.07) is 18.3. The van der Waals surface area contributed by atoms with Crippen molar-refractivity contribution >= 4 is 5.97 Å². The molecule has 2 aromatic carbocycles. The lowest BCUT2D eigenvalue weighted by Gasteiger charge is -2.36. The summed E-state index contributed by atoms with van der Waals surface area (Å²) in [5.74, 6) is 0.939. The third kappa shape index (κ3) is 2.78. The van der Waals surface area contributed by atoms with Crippen LogP contribution in [-0.4, -0.2) is 5.97 Å². The van der Waals surface area contributed by atoms with Crippen molar-refractivity contribution in [1.82, 2.24) is 0 Å². The largest absolute Gasteiger partial charge is 0.426 e. The second kappa shape index (κ2) is 5.60. The van der Waals surface area contributed by atoms with Crippen LogP contribution >= 0.6 is 0 Å². The summed E-state index contributed by atoms with van der Waals surface area (Å²) in [6.07, 6.45) is 0.417. The van der Waals surface area contributed by atoms with E-state index in [1.165, 1.54) is 5.56 Å². The van der Waals surface area contributed by atoms with Crippen LogP contribution in [0.25, 0.3) is 0 Å². The molecule has 0 amide bonds. The zero-order valence-electron chi connectivity index (χ0n) is 13.4. The molecule has 1 aliphatic rings. The van der Waals surface area contributed by atoms with Crippen LogP contribution in [0.5, 0.6) is 5.75 Å². The van der Waals surface area contributed by atoms with E-state index in [-0.39, 0.29) is 23.2 Å². The Labute approximate surface area is 132 Å². The van der Waals surface area contributed by atoms with E-state index in [0.717, 1.165) is 5.56 Å². The Morgan fingerprint density at radius 3 is 2.27 bits per heavy atom. The molecule has 2 heteroatoms. The maximum atomic E-state index is 12.3. The SMILES string of the molecule is CC(C)(C)[C@@H]1c2ccccc2OC(=O)CC1c1ccccc1. The molecule has 0 aromatic heterocycles. The highest BCUT2D eigenvalue weighted by molar-refractivity contribution is 5.75. The standard InChI is InChI=1S/C20H22O2/c1-20(2,3)19-15-11-7-8-12-17(15)22-18(21)13-16(19)14-9-5-4-6-10-14/h4-12,16,19H,13H2,1-3H3/t16?,19-/m1/s1. The van der Waals surface area contributed by atoms with E-state index in [0.29, 0.717) is 12.2 Å². The minimum Gasteiger partial charge on any atom is -0.426 e. The Balaban J connectivity index is 2.18. The Morgan fingerprint density at radius 2 is 1.59 bits per heavy atom. The molecular formula is C20H22O2. The fourth-order valence-corrected chi connectivity index (χ4v) is 3.59. The number of carbonyl (C=O) groups is 1. The minimum atomic E-state index is -0.145. The molecule has 1 unspecified atom stereocenters. The van der Waals surface area contributed by atoms with E-state index < -0.39 is 0 Å². The van der Waals surface area contributed by atoms with Crippen LogP contribution in [0.15, 0.2) is 54.6 Å². The number of carbonyl (C=O) groups excluding carboxylic acids is 1. The number of rotatable bonds is 1. The highest BCUT2D eigenvalue weighted by Gasteiger charge is 2.39. The van der Waals surface area contributed by atoms with Crippen molar-refractivity contribution in [3.05, 3.63) is 65.7 Å². The number of hydrogen-bond acceptors (Lipinski definition) is 2. The zero-order chi connectivity index (χ0) is 15.7. The van der Waals surface area contributed by atoms with Gasteiger partial charge in [-0.2, -0.15) is 0 Å². The van der Waals surface area contributed by atoms with Crippen LogP contribution in [0, 0.1) is 5.41 Å². The van der Waals surface area contributed by atoms with Crippen molar-refractivity contribution < 1.29 is 9.53 Å². The van der Waals surface area contributed by atoms with Crippen molar-refractivity contribution in [1.29, 1.82) is 0 Å². The molecule has 22 heavy (non-hydrogen) atoms. The summed E-state index contributed by atoms with van der Waals surface area (Å²) in [5, 5.41) is 0. The average Bonchev–Trinajstić information content (AvgIpc) is 2.63. The summed E-state index contributed by atoms with van der Waals surface area (Å²) >= 11 is 0. The van der Waals surface area contributed by atoms with Gasteiger partial charge in [-0.3, -0.25) is 4.79 Å². The highest BCUT2D eigenvalue weighted by atomic mass is 16.5. The number of para-hydroxylation sites is 1. The normalized spacial score (nSPS) is 21.7. The van der Waals surface area contributed by atoms with Gasteiger partial charge in [-0.15, -0.1) is 0 Å². The monoisotopic (exact) mass is 294 g/mol. The van der Waals surface area contributed by atoms with Gasteiger partial charge in [0.25, 0.3) is 0 Å². The molecule has 2 nitrogen and oxygen atoms in total. The summed E-state index contributed by atoms with van der Waals surface area (Å²) in [4.78, 5) is 12.3. The molecule has 0 spiro atoms.